The van der Waals surface area contributed by atoms with E-state index in [2.05, 4.69) is 15.6 Å². The number of fused-ring (bicyclic) bond motifs is 1. The van der Waals surface area contributed by atoms with Crippen molar-refractivity contribution < 1.29 is 4.79 Å². The van der Waals surface area contributed by atoms with E-state index in [9.17, 15) is 4.79 Å². The van der Waals surface area contributed by atoms with Gasteiger partial charge in [0.1, 0.15) is 0 Å². The summed E-state index contributed by atoms with van der Waals surface area (Å²) < 4.78 is 1.10. The number of para-hydroxylation sites is 1. The van der Waals surface area contributed by atoms with Crippen LogP contribution < -0.4 is 10.6 Å². The molecule has 0 fully saturated rings. The molecule has 17 heavy (non-hydrogen) atoms. The topological polar surface area (TPSA) is 54.0 Å². The van der Waals surface area contributed by atoms with Crippen molar-refractivity contribution in [3.05, 3.63) is 24.3 Å². The maximum absolute atomic E-state index is 11.6. The predicted molar refractivity (Wildman–Crippen MR) is 71.4 cm³/mol. The predicted octanol–water partition coefficient (Wildman–Crippen LogP) is 2.23. The number of anilines is 1. The molecule has 1 amide bonds. The summed E-state index contributed by atoms with van der Waals surface area (Å²) in [5.41, 5.74) is 0.933. The van der Waals surface area contributed by atoms with Crippen molar-refractivity contribution in [3.8, 4) is 0 Å². The molecule has 2 N–H and O–H groups in total. The molecule has 0 saturated carbocycles. The molecule has 0 aliphatic heterocycles. The SMILES string of the molecule is CNCCCC(=O)Nc1nc2ccccc2s1. The number of carbonyl (C=O) groups excluding carboxylic acids is 1. The fraction of sp³-hybridized carbons (Fsp3) is 0.333. The summed E-state index contributed by atoms with van der Waals surface area (Å²) in [6.45, 7) is 0.854. The second-order valence-corrected chi connectivity index (χ2v) is 4.77. The number of hydrogen-bond acceptors (Lipinski definition) is 4. The van der Waals surface area contributed by atoms with Crippen LogP contribution in [0.4, 0.5) is 5.13 Å². The highest BCUT2D eigenvalue weighted by atomic mass is 32.1. The molecule has 5 heteroatoms. The van der Waals surface area contributed by atoms with Gasteiger partial charge < -0.3 is 10.6 Å². The molecule has 1 heterocycles. The van der Waals surface area contributed by atoms with Gasteiger partial charge in [0.25, 0.3) is 0 Å². The summed E-state index contributed by atoms with van der Waals surface area (Å²) in [5, 5.41) is 6.53. The molecule has 0 unspecified atom stereocenters. The lowest BCUT2D eigenvalue weighted by atomic mass is 10.3. The Labute approximate surface area is 104 Å². The molecular formula is C12H15N3OS. The van der Waals surface area contributed by atoms with Crippen molar-refractivity contribution >= 4 is 32.6 Å². The first-order valence-electron chi connectivity index (χ1n) is 5.59. The minimum atomic E-state index is 0.0271. The van der Waals surface area contributed by atoms with Gasteiger partial charge in [0, 0.05) is 6.42 Å². The molecule has 0 spiro atoms. The molecule has 2 aromatic rings. The van der Waals surface area contributed by atoms with Gasteiger partial charge in [-0.2, -0.15) is 0 Å². The number of hydrogen-bond donors (Lipinski definition) is 2. The Balaban J connectivity index is 1.96. The fourth-order valence-electron chi connectivity index (χ4n) is 1.53. The van der Waals surface area contributed by atoms with Gasteiger partial charge in [-0.3, -0.25) is 4.79 Å². The number of amides is 1. The number of nitrogens with zero attached hydrogens (tertiary/aromatic N) is 1. The van der Waals surface area contributed by atoms with Crippen LogP contribution in [0.1, 0.15) is 12.8 Å². The number of aromatic nitrogens is 1. The van der Waals surface area contributed by atoms with E-state index in [1.807, 2.05) is 31.3 Å². The van der Waals surface area contributed by atoms with E-state index in [0.717, 1.165) is 23.2 Å². The lowest BCUT2D eigenvalue weighted by Crippen LogP contribution is -2.15. The fourth-order valence-corrected chi connectivity index (χ4v) is 2.42. The maximum Gasteiger partial charge on any atom is 0.226 e. The number of rotatable bonds is 5. The van der Waals surface area contributed by atoms with Crippen molar-refractivity contribution in [3.63, 3.8) is 0 Å². The van der Waals surface area contributed by atoms with Crippen LogP contribution >= 0.6 is 11.3 Å². The van der Waals surface area contributed by atoms with Gasteiger partial charge in [-0.1, -0.05) is 23.5 Å². The third-order valence-corrected chi connectivity index (χ3v) is 3.32. The van der Waals surface area contributed by atoms with Crippen molar-refractivity contribution in [1.82, 2.24) is 10.3 Å². The van der Waals surface area contributed by atoms with E-state index in [-0.39, 0.29) is 5.91 Å². The summed E-state index contributed by atoms with van der Waals surface area (Å²) in [4.78, 5) is 15.9. The second-order valence-electron chi connectivity index (χ2n) is 3.74. The van der Waals surface area contributed by atoms with Crippen LogP contribution in [0.5, 0.6) is 0 Å². The molecule has 0 radical (unpaired) electrons. The van der Waals surface area contributed by atoms with Crippen LogP contribution in [-0.2, 0) is 4.79 Å². The quantitative estimate of drug-likeness (QED) is 0.799. The summed E-state index contributed by atoms with van der Waals surface area (Å²) in [6, 6.07) is 7.87. The average Bonchev–Trinajstić information content (AvgIpc) is 2.71. The van der Waals surface area contributed by atoms with Crippen LogP contribution in [0.15, 0.2) is 24.3 Å². The first kappa shape index (κ1) is 12.0. The van der Waals surface area contributed by atoms with E-state index >= 15 is 0 Å². The van der Waals surface area contributed by atoms with Crippen LogP contribution in [-0.4, -0.2) is 24.5 Å². The summed E-state index contributed by atoms with van der Waals surface area (Å²) in [6.07, 6.45) is 1.37. The summed E-state index contributed by atoms with van der Waals surface area (Å²) in [7, 11) is 1.88. The Morgan fingerprint density at radius 2 is 2.24 bits per heavy atom. The highest BCUT2D eigenvalue weighted by molar-refractivity contribution is 7.22. The Morgan fingerprint density at radius 3 is 3.00 bits per heavy atom. The highest BCUT2D eigenvalue weighted by Crippen LogP contribution is 2.25. The van der Waals surface area contributed by atoms with Gasteiger partial charge in [-0.15, -0.1) is 0 Å². The van der Waals surface area contributed by atoms with Gasteiger partial charge in [-0.05, 0) is 32.1 Å². The van der Waals surface area contributed by atoms with Crippen molar-refractivity contribution in [2.24, 2.45) is 0 Å². The zero-order valence-electron chi connectivity index (χ0n) is 9.69. The summed E-state index contributed by atoms with van der Waals surface area (Å²) >= 11 is 1.51. The van der Waals surface area contributed by atoms with E-state index < -0.39 is 0 Å². The Hall–Kier alpha value is -1.46. The average molecular weight is 249 g/mol. The maximum atomic E-state index is 11.6. The molecule has 1 aromatic heterocycles. The highest BCUT2D eigenvalue weighted by Gasteiger charge is 2.06. The lowest BCUT2D eigenvalue weighted by Gasteiger charge is -2.00. The monoisotopic (exact) mass is 249 g/mol. The first-order chi connectivity index (χ1) is 8.29. The molecule has 0 aliphatic rings. The third kappa shape index (κ3) is 3.25. The summed E-state index contributed by atoms with van der Waals surface area (Å²) in [5.74, 6) is 0.0271. The molecule has 0 aliphatic carbocycles. The van der Waals surface area contributed by atoms with E-state index in [4.69, 9.17) is 0 Å². The van der Waals surface area contributed by atoms with Crippen LogP contribution in [0, 0.1) is 0 Å². The lowest BCUT2D eigenvalue weighted by molar-refractivity contribution is -0.116. The third-order valence-electron chi connectivity index (χ3n) is 2.37. The van der Waals surface area contributed by atoms with E-state index in [1.165, 1.54) is 11.3 Å². The van der Waals surface area contributed by atoms with Crippen molar-refractivity contribution in [2.45, 2.75) is 12.8 Å². The molecular weight excluding hydrogens is 234 g/mol. The smallest absolute Gasteiger partial charge is 0.226 e. The van der Waals surface area contributed by atoms with Gasteiger partial charge in [-0.25, -0.2) is 4.98 Å². The molecule has 2 rings (SSSR count). The zero-order chi connectivity index (χ0) is 12.1. The second kappa shape index (κ2) is 5.75. The Morgan fingerprint density at radius 1 is 1.41 bits per heavy atom. The van der Waals surface area contributed by atoms with Crippen LogP contribution in [0.2, 0.25) is 0 Å². The molecule has 90 valence electrons. The zero-order valence-corrected chi connectivity index (χ0v) is 10.5. The number of carbonyl (C=O) groups is 1. The van der Waals surface area contributed by atoms with Crippen molar-refractivity contribution in [2.75, 3.05) is 18.9 Å². The Bertz CT molecular complexity index is 476. The van der Waals surface area contributed by atoms with Gasteiger partial charge >= 0.3 is 0 Å². The number of nitrogens with one attached hydrogen (secondary N) is 2. The van der Waals surface area contributed by atoms with Crippen LogP contribution in [0.3, 0.4) is 0 Å². The molecule has 0 saturated heterocycles. The minimum Gasteiger partial charge on any atom is -0.320 e. The standard InChI is InChI=1S/C12H15N3OS/c1-13-8-4-7-11(16)15-12-14-9-5-2-3-6-10(9)17-12/h2-3,5-6,13H,4,7-8H2,1H3,(H,14,15,16). The molecule has 0 bridgehead atoms. The van der Waals surface area contributed by atoms with Gasteiger partial charge in [0.2, 0.25) is 5.91 Å². The van der Waals surface area contributed by atoms with Crippen molar-refractivity contribution in [1.29, 1.82) is 0 Å². The minimum absolute atomic E-state index is 0.0271. The first-order valence-corrected chi connectivity index (χ1v) is 6.41. The largest absolute Gasteiger partial charge is 0.320 e. The van der Waals surface area contributed by atoms with Gasteiger partial charge in [0.05, 0.1) is 10.2 Å². The number of thiazole rings is 1. The molecule has 4 nitrogen and oxygen atoms in total. The Kier molecular flexibility index (Phi) is 4.06. The van der Waals surface area contributed by atoms with E-state index in [0.29, 0.717) is 11.6 Å². The van der Waals surface area contributed by atoms with Crippen LogP contribution in [0.25, 0.3) is 10.2 Å². The molecule has 0 atom stereocenters. The number of benzene rings is 1. The normalized spacial score (nSPS) is 10.6. The van der Waals surface area contributed by atoms with E-state index in [1.54, 1.807) is 0 Å². The van der Waals surface area contributed by atoms with Gasteiger partial charge in [0.15, 0.2) is 5.13 Å². The molecule has 1 aromatic carbocycles.